The van der Waals surface area contributed by atoms with E-state index >= 15 is 0 Å². The molecule has 3 rings (SSSR count). The fraction of sp³-hybridized carbons (Fsp3) is 0.375. The molecule has 1 saturated heterocycles. The van der Waals surface area contributed by atoms with Crippen molar-refractivity contribution in [1.29, 1.82) is 0 Å². The van der Waals surface area contributed by atoms with Crippen molar-refractivity contribution >= 4 is 23.5 Å². The number of urea groups is 1. The summed E-state index contributed by atoms with van der Waals surface area (Å²) in [5.74, 6) is -0.430. The number of carbonyl (C=O) groups excluding carboxylic acids is 3. The van der Waals surface area contributed by atoms with Crippen LogP contribution in [0.2, 0.25) is 0 Å². The summed E-state index contributed by atoms with van der Waals surface area (Å²) in [5, 5.41) is 8.76. The zero-order chi connectivity index (χ0) is 22.2. The molecule has 2 aromatic carbocycles. The molecule has 0 spiro atoms. The minimum absolute atomic E-state index is 0.0259. The SMILES string of the molecule is CC(=O)NC(Cc1ccccc1)C(=O)NC1CCN(C(=O)Nc2ccccc2C)CC1. The van der Waals surface area contributed by atoms with Gasteiger partial charge in [-0.3, -0.25) is 9.59 Å². The molecule has 1 unspecified atom stereocenters. The van der Waals surface area contributed by atoms with E-state index in [4.69, 9.17) is 0 Å². The van der Waals surface area contributed by atoms with Gasteiger partial charge in [-0.25, -0.2) is 4.79 Å². The third kappa shape index (κ3) is 6.57. The highest BCUT2D eigenvalue weighted by atomic mass is 16.2. The first kappa shape index (κ1) is 22.3. The predicted molar refractivity (Wildman–Crippen MR) is 121 cm³/mol. The summed E-state index contributed by atoms with van der Waals surface area (Å²) in [6.45, 7) is 4.49. The summed E-state index contributed by atoms with van der Waals surface area (Å²) in [7, 11) is 0. The molecule has 3 N–H and O–H groups in total. The number of amides is 4. The number of anilines is 1. The molecular weight excluding hydrogens is 392 g/mol. The van der Waals surface area contributed by atoms with Crippen LogP contribution in [0, 0.1) is 6.92 Å². The summed E-state index contributed by atoms with van der Waals surface area (Å²) in [6, 6.07) is 16.5. The maximum atomic E-state index is 12.8. The molecule has 164 valence electrons. The summed E-state index contributed by atoms with van der Waals surface area (Å²) in [6.07, 6.45) is 1.78. The number of hydrogen-bond donors (Lipinski definition) is 3. The summed E-state index contributed by atoms with van der Waals surface area (Å²) in [4.78, 5) is 38.7. The lowest BCUT2D eigenvalue weighted by atomic mass is 10.0. The monoisotopic (exact) mass is 422 g/mol. The van der Waals surface area contributed by atoms with E-state index in [1.807, 2.05) is 61.5 Å². The maximum absolute atomic E-state index is 12.8. The van der Waals surface area contributed by atoms with Crippen LogP contribution in [0.1, 0.15) is 30.9 Å². The summed E-state index contributed by atoms with van der Waals surface area (Å²) >= 11 is 0. The molecule has 1 aliphatic heterocycles. The van der Waals surface area contributed by atoms with Crippen molar-refractivity contribution < 1.29 is 14.4 Å². The van der Waals surface area contributed by atoms with Gasteiger partial charge in [0.15, 0.2) is 0 Å². The van der Waals surface area contributed by atoms with Crippen LogP contribution >= 0.6 is 0 Å². The van der Waals surface area contributed by atoms with E-state index in [0.29, 0.717) is 32.4 Å². The highest BCUT2D eigenvalue weighted by Crippen LogP contribution is 2.16. The van der Waals surface area contributed by atoms with Crippen LogP contribution < -0.4 is 16.0 Å². The average molecular weight is 423 g/mol. The Morgan fingerprint density at radius 3 is 2.29 bits per heavy atom. The Morgan fingerprint density at radius 1 is 1.00 bits per heavy atom. The first-order valence-corrected chi connectivity index (χ1v) is 10.7. The van der Waals surface area contributed by atoms with Crippen molar-refractivity contribution in [3.05, 3.63) is 65.7 Å². The number of piperidine rings is 1. The second-order valence-corrected chi connectivity index (χ2v) is 7.96. The van der Waals surface area contributed by atoms with Gasteiger partial charge >= 0.3 is 6.03 Å². The van der Waals surface area contributed by atoms with Gasteiger partial charge in [0.25, 0.3) is 0 Å². The number of nitrogens with zero attached hydrogens (tertiary/aromatic N) is 1. The molecule has 0 aromatic heterocycles. The quantitative estimate of drug-likeness (QED) is 0.669. The van der Waals surface area contributed by atoms with E-state index in [1.54, 1.807) is 4.90 Å². The van der Waals surface area contributed by atoms with E-state index in [0.717, 1.165) is 16.8 Å². The third-order valence-electron chi connectivity index (χ3n) is 5.49. The topological polar surface area (TPSA) is 90.5 Å². The lowest BCUT2D eigenvalue weighted by molar-refractivity contribution is -0.128. The van der Waals surface area contributed by atoms with Crippen LogP contribution in [-0.4, -0.2) is 47.9 Å². The minimum atomic E-state index is -0.623. The number of aryl methyl sites for hydroxylation is 1. The standard InChI is InChI=1S/C24H30N4O3/c1-17-8-6-7-11-21(17)27-24(31)28-14-12-20(13-15-28)26-23(30)22(25-18(2)29)16-19-9-4-3-5-10-19/h3-11,20,22H,12-16H2,1-2H3,(H,25,29)(H,26,30)(H,27,31). The molecule has 31 heavy (non-hydrogen) atoms. The van der Waals surface area contributed by atoms with E-state index in [-0.39, 0.29) is 23.9 Å². The zero-order valence-electron chi connectivity index (χ0n) is 18.1. The maximum Gasteiger partial charge on any atom is 0.321 e. The van der Waals surface area contributed by atoms with Crippen LogP contribution in [0.15, 0.2) is 54.6 Å². The van der Waals surface area contributed by atoms with Gasteiger partial charge in [0.1, 0.15) is 6.04 Å². The van der Waals surface area contributed by atoms with Crippen molar-refractivity contribution in [2.24, 2.45) is 0 Å². The molecule has 1 heterocycles. The molecule has 1 atom stereocenters. The number of hydrogen-bond acceptors (Lipinski definition) is 3. The van der Waals surface area contributed by atoms with E-state index in [9.17, 15) is 14.4 Å². The fourth-order valence-electron chi connectivity index (χ4n) is 3.74. The molecular formula is C24H30N4O3. The Balaban J connectivity index is 1.51. The normalized spacial score (nSPS) is 15.1. The highest BCUT2D eigenvalue weighted by molar-refractivity contribution is 5.90. The van der Waals surface area contributed by atoms with Gasteiger partial charge in [0.2, 0.25) is 11.8 Å². The molecule has 0 radical (unpaired) electrons. The average Bonchev–Trinajstić information content (AvgIpc) is 2.76. The van der Waals surface area contributed by atoms with Gasteiger partial charge in [0.05, 0.1) is 0 Å². The molecule has 4 amide bonds. The second kappa shape index (κ2) is 10.6. The Bertz CT molecular complexity index is 908. The van der Waals surface area contributed by atoms with Crippen LogP contribution in [0.3, 0.4) is 0 Å². The first-order valence-electron chi connectivity index (χ1n) is 10.7. The van der Waals surface area contributed by atoms with Gasteiger partial charge in [-0.15, -0.1) is 0 Å². The van der Waals surface area contributed by atoms with Gasteiger partial charge in [0, 0.05) is 38.2 Å². The molecule has 1 aliphatic rings. The Kier molecular flexibility index (Phi) is 7.65. The van der Waals surface area contributed by atoms with Crippen LogP contribution in [0.4, 0.5) is 10.5 Å². The summed E-state index contributed by atoms with van der Waals surface area (Å²) < 4.78 is 0. The van der Waals surface area contributed by atoms with Crippen LogP contribution in [0.25, 0.3) is 0 Å². The fourth-order valence-corrected chi connectivity index (χ4v) is 3.74. The van der Waals surface area contributed by atoms with E-state index < -0.39 is 6.04 Å². The van der Waals surface area contributed by atoms with Crippen LogP contribution in [0.5, 0.6) is 0 Å². The predicted octanol–water partition coefficient (Wildman–Crippen LogP) is 2.85. The third-order valence-corrected chi connectivity index (χ3v) is 5.49. The lowest BCUT2D eigenvalue weighted by Gasteiger charge is -2.33. The van der Waals surface area contributed by atoms with Crippen LogP contribution in [-0.2, 0) is 16.0 Å². The lowest BCUT2D eigenvalue weighted by Crippen LogP contribution is -2.53. The minimum Gasteiger partial charge on any atom is -0.351 e. The Labute approximate surface area is 183 Å². The van der Waals surface area contributed by atoms with Crippen molar-refractivity contribution in [3.8, 4) is 0 Å². The van der Waals surface area contributed by atoms with Gasteiger partial charge in [-0.1, -0.05) is 48.5 Å². The number of nitrogens with one attached hydrogen (secondary N) is 3. The summed E-state index contributed by atoms with van der Waals surface area (Å²) in [5.41, 5.74) is 2.81. The molecule has 1 fully saturated rings. The second-order valence-electron chi connectivity index (χ2n) is 7.96. The number of likely N-dealkylation sites (tertiary alicyclic amines) is 1. The largest absolute Gasteiger partial charge is 0.351 e. The molecule has 0 aliphatic carbocycles. The Hall–Kier alpha value is -3.35. The van der Waals surface area contributed by atoms with Crippen molar-refractivity contribution in [3.63, 3.8) is 0 Å². The number of benzene rings is 2. The first-order chi connectivity index (χ1) is 14.9. The van der Waals surface area contributed by atoms with E-state index in [1.165, 1.54) is 6.92 Å². The zero-order valence-corrected chi connectivity index (χ0v) is 18.1. The van der Waals surface area contributed by atoms with Gasteiger partial charge in [-0.2, -0.15) is 0 Å². The van der Waals surface area contributed by atoms with Crippen molar-refractivity contribution in [1.82, 2.24) is 15.5 Å². The molecule has 2 aromatic rings. The van der Waals surface area contributed by atoms with Crippen molar-refractivity contribution in [2.45, 2.75) is 45.2 Å². The number of para-hydroxylation sites is 1. The smallest absolute Gasteiger partial charge is 0.321 e. The number of rotatable bonds is 6. The molecule has 0 saturated carbocycles. The van der Waals surface area contributed by atoms with E-state index in [2.05, 4.69) is 16.0 Å². The molecule has 7 heteroatoms. The van der Waals surface area contributed by atoms with Crippen molar-refractivity contribution in [2.75, 3.05) is 18.4 Å². The molecule has 7 nitrogen and oxygen atoms in total. The number of carbonyl (C=O) groups is 3. The van der Waals surface area contributed by atoms with Gasteiger partial charge in [-0.05, 0) is 37.0 Å². The Morgan fingerprint density at radius 2 is 1.65 bits per heavy atom. The molecule has 0 bridgehead atoms. The van der Waals surface area contributed by atoms with Gasteiger partial charge < -0.3 is 20.9 Å². The highest BCUT2D eigenvalue weighted by Gasteiger charge is 2.27.